The Bertz CT molecular complexity index is 354. The summed E-state index contributed by atoms with van der Waals surface area (Å²) in [6, 6.07) is 0.645. The van der Waals surface area contributed by atoms with E-state index in [0.717, 1.165) is 23.1 Å². The lowest BCUT2D eigenvalue weighted by Gasteiger charge is -2.10. The number of fused-ring (bicyclic) bond motifs is 1. The molecular weight excluding hydrogens is 305 g/mol. The number of nitrogens with two attached hydrogens (primary N) is 1. The van der Waals surface area contributed by atoms with Gasteiger partial charge in [-0.1, -0.05) is 15.9 Å². The van der Waals surface area contributed by atoms with Crippen molar-refractivity contribution in [3.05, 3.63) is 22.6 Å². The van der Waals surface area contributed by atoms with E-state index in [-0.39, 0.29) is 24.8 Å². The monoisotopic (exact) mass is 315 g/mol. The normalized spacial score (nSPS) is 12.8. The Kier molecular flexibility index (Phi) is 6.28. The zero-order chi connectivity index (χ0) is 9.26. The Morgan fingerprint density at radius 2 is 2.27 bits per heavy atom. The van der Waals surface area contributed by atoms with Gasteiger partial charge in [0.25, 0.3) is 0 Å². The summed E-state index contributed by atoms with van der Waals surface area (Å²) in [5.74, 6) is 0. The van der Waals surface area contributed by atoms with E-state index in [1.165, 1.54) is 0 Å². The van der Waals surface area contributed by atoms with E-state index in [9.17, 15) is 0 Å². The van der Waals surface area contributed by atoms with Gasteiger partial charge >= 0.3 is 6.01 Å². The number of allylic oxidation sites excluding steroid dienone is 1. The first-order chi connectivity index (χ1) is 6.29. The molecule has 1 aromatic heterocycles. The third kappa shape index (κ3) is 3.38. The molecule has 1 aromatic rings. The highest BCUT2D eigenvalue weighted by molar-refractivity contribution is 9.11. The number of hydrogen-bond acceptors (Lipinski definition) is 3. The van der Waals surface area contributed by atoms with Gasteiger partial charge in [0.05, 0.1) is 16.7 Å². The Labute approximate surface area is 109 Å². The van der Waals surface area contributed by atoms with Gasteiger partial charge in [-0.25, -0.2) is 0 Å². The maximum Gasteiger partial charge on any atom is 0.301 e. The van der Waals surface area contributed by atoms with Crippen LogP contribution >= 0.6 is 40.7 Å². The zero-order valence-electron chi connectivity index (χ0n) is 7.85. The average Bonchev–Trinajstić information content (AvgIpc) is 2.46. The minimum absolute atomic E-state index is 0. The predicted octanol–water partition coefficient (Wildman–Crippen LogP) is 1.86. The summed E-state index contributed by atoms with van der Waals surface area (Å²) < 4.78 is 8.23. The Morgan fingerprint density at radius 3 is 2.93 bits per heavy atom. The van der Waals surface area contributed by atoms with Crippen LogP contribution in [0, 0.1) is 0 Å². The van der Waals surface area contributed by atoms with Crippen molar-refractivity contribution in [1.82, 2.24) is 9.55 Å². The first kappa shape index (κ1) is 14.8. The Balaban J connectivity index is 0.000000980. The molecule has 0 amide bonds. The van der Waals surface area contributed by atoms with Crippen LogP contribution in [0.5, 0.6) is 6.01 Å². The minimum atomic E-state index is 0. The number of halogens is 3. The standard InChI is InChI=1S/C8H10BrN3O.2ClH/c9-6-3-12-4-7(1-2-10)11-8(12)13-5-6;;/h4-5H,1-3,10H2;2*1H. The fourth-order valence-corrected chi connectivity index (χ4v) is 1.61. The molecule has 0 aliphatic carbocycles. The topological polar surface area (TPSA) is 53.1 Å². The molecule has 7 heteroatoms. The van der Waals surface area contributed by atoms with Crippen LogP contribution in [-0.4, -0.2) is 16.1 Å². The highest BCUT2D eigenvalue weighted by atomic mass is 79.9. The summed E-state index contributed by atoms with van der Waals surface area (Å²) in [7, 11) is 0. The van der Waals surface area contributed by atoms with Gasteiger partial charge < -0.3 is 10.5 Å². The SMILES string of the molecule is Cl.Cl.NCCc1cn2c(n1)OC=C(Br)C2. The first-order valence-corrected chi connectivity index (χ1v) is 4.86. The van der Waals surface area contributed by atoms with Crippen molar-refractivity contribution in [2.45, 2.75) is 13.0 Å². The van der Waals surface area contributed by atoms with Gasteiger partial charge in [0.2, 0.25) is 0 Å². The molecule has 0 unspecified atom stereocenters. The molecule has 0 radical (unpaired) electrons. The van der Waals surface area contributed by atoms with E-state index in [1.807, 2.05) is 10.8 Å². The van der Waals surface area contributed by atoms with Gasteiger partial charge in [0.1, 0.15) is 6.26 Å². The third-order valence-corrected chi connectivity index (χ3v) is 2.24. The number of aromatic nitrogens is 2. The van der Waals surface area contributed by atoms with Crippen molar-refractivity contribution in [3.8, 4) is 6.01 Å². The van der Waals surface area contributed by atoms with E-state index in [2.05, 4.69) is 20.9 Å². The lowest BCUT2D eigenvalue weighted by Crippen LogP contribution is -2.05. The molecule has 1 aliphatic rings. The lowest BCUT2D eigenvalue weighted by atomic mass is 10.3. The maximum absolute atomic E-state index is 5.43. The van der Waals surface area contributed by atoms with E-state index in [1.54, 1.807) is 6.26 Å². The van der Waals surface area contributed by atoms with Crippen molar-refractivity contribution in [2.75, 3.05) is 6.54 Å². The van der Waals surface area contributed by atoms with Gasteiger partial charge in [-0.2, -0.15) is 4.98 Å². The van der Waals surface area contributed by atoms with Gasteiger partial charge in [0.15, 0.2) is 0 Å². The van der Waals surface area contributed by atoms with Gasteiger partial charge in [0, 0.05) is 12.6 Å². The number of rotatable bonds is 2. The third-order valence-electron chi connectivity index (χ3n) is 1.80. The second-order valence-corrected chi connectivity index (χ2v) is 3.88. The quantitative estimate of drug-likeness (QED) is 0.906. The fraction of sp³-hybridized carbons (Fsp3) is 0.375. The number of ether oxygens (including phenoxy) is 1. The van der Waals surface area contributed by atoms with Gasteiger partial charge in [-0.15, -0.1) is 24.8 Å². The van der Waals surface area contributed by atoms with E-state index >= 15 is 0 Å². The van der Waals surface area contributed by atoms with Crippen molar-refractivity contribution in [2.24, 2.45) is 5.73 Å². The molecule has 1 aliphatic heterocycles. The molecule has 15 heavy (non-hydrogen) atoms. The molecule has 0 saturated heterocycles. The maximum atomic E-state index is 5.43. The molecule has 0 spiro atoms. The van der Waals surface area contributed by atoms with Crippen LogP contribution in [0.1, 0.15) is 5.69 Å². The summed E-state index contributed by atoms with van der Waals surface area (Å²) >= 11 is 3.37. The second kappa shape index (κ2) is 6.37. The predicted molar refractivity (Wildman–Crippen MR) is 67.1 cm³/mol. The summed E-state index contributed by atoms with van der Waals surface area (Å²) in [6.07, 6.45) is 4.42. The highest BCUT2D eigenvalue weighted by Crippen LogP contribution is 2.22. The summed E-state index contributed by atoms with van der Waals surface area (Å²) in [4.78, 5) is 4.27. The minimum Gasteiger partial charge on any atom is -0.433 e. The van der Waals surface area contributed by atoms with E-state index in [0.29, 0.717) is 12.6 Å². The summed E-state index contributed by atoms with van der Waals surface area (Å²) in [5, 5.41) is 0. The zero-order valence-corrected chi connectivity index (χ0v) is 11.1. The van der Waals surface area contributed by atoms with E-state index < -0.39 is 0 Å². The lowest BCUT2D eigenvalue weighted by molar-refractivity contribution is 0.394. The molecule has 0 bridgehead atoms. The smallest absolute Gasteiger partial charge is 0.301 e. The summed E-state index contributed by atoms with van der Waals surface area (Å²) in [6.45, 7) is 1.40. The number of nitrogens with zero attached hydrogens (tertiary/aromatic N) is 2. The van der Waals surface area contributed by atoms with Gasteiger partial charge in [-0.3, -0.25) is 4.57 Å². The molecular formula is C8H12BrCl2N3O. The molecule has 0 saturated carbocycles. The molecule has 2 rings (SSSR count). The average molecular weight is 317 g/mol. The van der Waals surface area contributed by atoms with E-state index in [4.69, 9.17) is 10.5 Å². The van der Waals surface area contributed by atoms with Crippen LogP contribution in [-0.2, 0) is 13.0 Å². The molecule has 0 aromatic carbocycles. The molecule has 2 heterocycles. The van der Waals surface area contributed by atoms with Crippen molar-refractivity contribution in [1.29, 1.82) is 0 Å². The number of hydrogen-bond donors (Lipinski definition) is 1. The largest absolute Gasteiger partial charge is 0.433 e. The fourth-order valence-electron chi connectivity index (χ4n) is 1.24. The molecule has 0 fully saturated rings. The summed E-state index contributed by atoms with van der Waals surface area (Å²) in [5.41, 5.74) is 6.41. The Morgan fingerprint density at radius 1 is 1.53 bits per heavy atom. The van der Waals surface area contributed by atoms with Crippen LogP contribution in [0.2, 0.25) is 0 Å². The van der Waals surface area contributed by atoms with Crippen LogP contribution in [0.4, 0.5) is 0 Å². The van der Waals surface area contributed by atoms with Crippen molar-refractivity contribution < 1.29 is 4.74 Å². The van der Waals surface area contributed by atoms with Crippen molar-refractivity contribution >= 4 is 40.7 Å². The molecule has 4 nitrogen and oxygen atoms in total. The molecule has 0 atom stereocenters. The van der Waals surface area contributed by atoms with Crippen LogP contribution < -0.4 is 10.5 Å². The first-order valence-electron chi connectivity index (χ1n) is 4.07. The second-order valence-electron chi connectivity index (χ2n) is 2.86. The molecule has 2 N–H and O–H groups in total. The van der Waals surface area contributed by atoms with Crippen LogP contribution in [0.15, 0.2) is 16.9 Å². The van der Waals surface area contributed by atoms with Crippen LogP contribution in [0.25, 0.3) is 0 Å². The Hall–Kier alpha value is -0.230. The molecule has 86 valence electrons. The van der Waals surface area contributed by atoms with Crippen LogP contribution in [0.3, 0.4) is 0 Å². The highest BCUT2D eigenvalue weighted by Gasteiger charge is 2.13. The van der Waals surface area contributed by atoms with Gasteiger partial charge in [-0.05, 0) is 6.54 Å². The number of imidazole rings is 1. The van der Waals surface area contributed by atoms with Crippen molar-refractivity contribution in [3.63, 3.8) is 0 Å².